The minimum atomic E-state index is 0.0806. The number of aromatic nitrogens is 2. The molecule has 0 atom stereocenters. The summed E-state index contributed by atoms with van der Waals surface area (Å²) in [6, 6.07) is 1.86. The molecule has 2 aromatic rings. The number of hydrogen-bond donors (Lipinski definition) is 0. The van der Waals surface area contributed by atoms with Crippen LogP contribution in [0.25, 0.3) is 5.65 Å². The van der Waals surface area contributed by atoms with Crippen molar-refractivity contribution in [3.63, 3.8) is 0 Å². The van der Waals surface area contributed by atoms with Gasteiger partial charge in [-0.05, 0) is 0 Å². The maximum Gasteiger partial charge on any atom is 0.172 e. The first-order chi connectivity index (χ1) is 5.59. The molecule has 3 heteroatoms. The first-order valence-electron chi connectivity index (χ1n) is 4.01. The Bertz CT molecular complexity index is 392. The van der Waals surface area contributed by atoms with Crippen LogP contribution in [0.5, 0.6) is 0 Å². The lowest BCUT2D eigenvalue weighted by atomic mass is 9.93. The van der Waals surface area contributed by atoms with Gasteiger partial charge in [-0.15, -0.1) is 0 Å². The average Bonchev–Trinajstić information content (AvgIpc) is 2.37. The van der Waals surface area contributed by atoms with E-state index in [1.54, 1.807) is 10.8 Å². The molecule has 0 amide bonds. The first kappa shape index (κ1) is 7.40. The average molecular weight is 164 g/mol. The van der Waals surface area contributed by atoms with Gasteiger partial charge in [-0.2, -0.15) is 4.57 Å². The Morgan fingerprint density at radius 3 is 2.83 bits per heavy atom. The highest BCUT2D eigenvalue weighted by Gasteiger charge is 2.19. The van der Waals surface area contributed by atoms with Crippen molar-refractivity contribution in [1.29, 1.82) is 0 Å². The lowest BCUT2D eigenvalue weighted by Gasteiger charge is -2.15. The zero-order valence-electron chi connectivity index (χ0n) is 7.53. The van der Waals surface area contributed by atoms with E-state index in [0.717, 1.165) is 11.3 Å². The molecule has 0 radical (unpaired) electrons. The molecule has 2 heterocycles. The molecule has 2 aromatic heterocycles. The van der Waals surface area contributed by atoms with Crippen LogP contribution in [0.15, 0.2) is 23.0 Å². The van der Waals surface area contributed by atoms with Gasteiger partial charge in [0.2, 0.25) is 0 Å². The molecule has 12 heavy (non-hydrogen) atoms. The van der Waals surface area contributed by atoms with E-state index in [-0.39, 0.29) is 5.41 Å². The molecule has 2 rings (SSSR count). The van der Waals surface area contributed by atoms with Crippen LogP contribution in [0.4, 0.5) is 0 Å². The van der Waals surface area contributed by atoms with Crippen LogP contribution in [-0.4, -0.2) is 9.56 Å². The normalized spacial score (nSPS) is 12.6. The fourth-order valence-electron chi connectivity index (χ4n) is 1.23. The molecule has 0 unspecified atom stereocenters. The van der Waals surface area contributed by atoms with Gasteiger partial charge in [-0.1, -0.05) is 20.8 Å². The summed E-state index contributed by atoms with van der Waals surface area (Å²) in [6.07, 6.45) is 3.51. The lowest BCUT2D eigenvalue weighted by Crippen LogP contribution is -2.13. The van der Waals surface area contributed by atoms with Gasteiger partial charge >= 0.3 is 0 Å². The molecule has 0 saturated heterocycles. The van der Waals surface area contributed by atoms with Crippen molar-refractivity contribution >= 4 is 5.65 Å². The van der Waals surface area contributed by atoms with E-state index >= 15 is 0 Å². The summed E-state index contributed by atoms with van der Waals surface area (Å²) in [5.74, 6) is 0. The lowest BCUT2D eigenvalue weighted by molar-refractivity contribution is 0.345. The van der Waals surface area contributed by atoms with Gasteiger partial charge in [0.25, 0.3) is 0 Å². The zero-order chi connectivity index (χ0) is 8.77. The smallest absolute Gasteiger partial charge is 0.172 e. The first-order valence-corrected chi connectivity index (χ1v) is 4.01. The highest BCUT2D eigenvalue weighted by atomic mass is 16.5. The van der Waals surface area contributed by atoms with Crippen LogP contribution in [-0.2, 0) is 5.41 Å². The summed E-state index contributed by atoms with van der Waals surface area (Å²) in [4.78, 5) is 4.21. The molecular formula is C9H12N2O. The fraction of sp³-hybridized carbons (Fsp3) is 0.444. The van der Waals surface area contributed by atoms with Crippen LogP contribution < -0.4 is 0 Å². The number of rotatable bonds is 0. The molecule has 0 spiro atoms. The highest BCUT2D eigenvalue weighted by Crippen LogP contribution is 2.22. The second-order valence-electron chi connectivity index (χ2n) is 3.95. The van der Waals surface area contributed by atoms with E-state index in [9.17, 15) is 0 Å². The van der Waals surface area contributed by atoms with Gasteiger partial charge in [0.1, 0.15) is 6.26 Å². The largest absolute Gasteiger partial charge is 0.381 e. The molecule has 0 fully saturated rings. The van der Waals surface area contributed by atoms with Crippen molar-refractivity contribution in [2.24, 2.45) is 0 Å². The van der Waals surface area contributed by atoms with E-state index in [1.807, 2.05) is 12.3 Å². The Kier molecular flexibility index (Phi) is 1.31. The minimum Gasteiger partial charge on any atom is -0.381 e. The Morgan fingerprint density at radius 1 is 1.42 bits per heavy atom. The summed E-state index contributed by atoms with van der Waals surface area (Å²) in [5.41, 5.74) is 2.06. The maximum atomic E-state index is 5.27. The van der Waals surface area contributed by atoms with Gasteiger partial charge in [-0.3, -0.25) is 0 Å². The van der Waals surface area contributed by atoms with Crippen molar-refractivity contribution in [3.8, 4) is 0 Å². The van der Waals surface area contributed by atoms with E-state index < -0.39 is 0 Å². The summed E-state index contributed by atoms with van der Waals surface area (Å²) < 4.78 is 7.03. The van der Waals surface area contributed by atoms with E-state index in [2.05, 4.69) is 25.8 Å². The zero-order valence-corrected chi connectivity index (χ0v) is 7.53. The van der Waals surface area contributed by atoms with Gasteiger partial charge in [0.15, 0.2) is 5.65 Å². The van der Waals surface area contributed by atoms with E-state index in [1.165, 1.54) is 0 Å². The van der Waals surface area contributed by atoms with E-state index in [4.69, 9.17) is 4.52 Å². The maximum absolute atomic E-state index is 5.27. The van der Waals surface area contributed by atoms with Crippen LogP contribution in [0.1, 0.15) is 26.5 Å². The second kappa shape index (κ2) is 2.12. The fourth-order valence-corrected chi connectivity index (χ4v) is 1.23. The summed E-state index contributed by atoms with van der Waals surface area (Å²) in [6.45, 7) is 6.41. The minimum absolute atomic E-state index is 0.0806. The van der Waals surface area contributed by atoms with Crippen LogP contribution in [0, 0.1) is 0 Å². The van der Waals surface area contributed by atoms with Gasteiger partial charge < -0.3 is 4.52 Å². The molecule has 0 aliphatic carbocycles. The van der Waals surface area contributed by atoms with Crippen molar-refractivity contribution in [2.75, 3.05) is 0 Å². The summed E-state index contributed by atoms with van der Waals surface area (Å²) >= 11 is 0. The number of nitrogens with zero attached hydrogens (tertiary/aromatic N) is 2. The Morgan fingerprint density at radius 2 is 2.17 bits per heavy atom. The van der Waals surface area contributed by atoms with Crippen molar-refractivity contribution in [3.05, 3.63) is 24.2 Å². The molecule has 0 aromatic carbocycles. The van der Waals surface area contributed by atoms with Crippen LogP contribution in [0.3, 0.4) is 0 Å². The van der Waals surface area contributed by atoms with E-state index in [0.29, 0.717) is 0 Å². The molecule has 3 nitrogen and oxygen atoms in total. The predicted molar refractivity (Wildman–Crippen MR) is 46.2 cm³/mol. The van der Waals surface area contributed by atoms with Crippen molar-refractivity contribution < 1.29 is 4.52 Å². The Balaban J connectivity index is 2.69. The van der Waals surface area contributed by atoms with Gasteiger partial charge in [0.05, 0.1) is 11.9 Å². The topological polar surface area (TPSA) is 30.4 Å². The number of fused-ring (bicyclic) bond motifs is 1. The Labute approximate surface area is 71.0 Å². The molecule has 0 N–H and O–H groups in total. The predicted octanol–water partition coefficient (Wildman–Crippen LogP) is 2.22. The molecule has 0 bridgehead atoms. The summed E-state index contributed by atoms with van der Waals surface area (Å²) in [7, 11) is 0. The number of hydrogen-bond acceptors (Lipinski definition) is 2. The third-order valence-corrected chi connectivity index (χ3v) is 1.90. The molecule has 0 aliphatic rings. The number of imidazole rings is 1. The highest BCUT2D eigenvalue weighted by molar-refractivity contribution is 5.38. The standard InChI is InChI=1S/C9H12N2O/c1-9(2,3)7-6-10-8-4-5-12-11(7)8/h4-6H,1-3H3. The van der Waals surface area contributed by atoms with Crippen LogP contribution >= 0.6 is 0 Å². The molecular weight excluding hydrogens is 152 g/mol. The molecule has 64 valence electrons. The Hall–Kier alpha value is -1.25. The van der Waals surface area contributed by atoms with Crippen molar-refractivity contribution in [1.82, 2.24) is 9.56 Å². The van der Waals surface area contributed by atoms with Crippen LogP contribution in [0.2, 0.25) is 0 Å². The van der Waals surface area contributed by atoms with Gasteiger partial charge in [-0.25, -0.2) is 4.98 Å². The third kappa shape index (κ3) is 0.932. The summed E-state index contributed by atoms with van der Waals surface area (Å²) in [5, 5.41) is 0. The molecule has 0 aliphatic heterocycles. The molecule has 0 saturated carbocycles. The van der Waals surface area contributed by atoms with Gasteiger partial charge in [0, 0.05) is 11.5 Å². The second-order valence-corrected chi connectivity index (χ2v) is 3.95. The monoisotopic (exact) mass is 164 g/mol. The SMILES string of the molecule is CC(C)(C)c1cnc2ccon12. The van der Waals surface area contributed by atoms with Crippen molar-refractivity contribution in [2.45, 2.75) is 26.2 Å². The third-order valence-electron chi connectivity index (χ3n) is 1.90. The quantitative estimate of drug-likeness (QED) is 0.597.